The number of hydrogen-bond donors (Lipinski definition) is 2. The number of hydrogen-bond acceptors (Lipinski definition) is 3. The number of nitrogens with one attached hydrogen (secondary N) is 1. The molecule has 0 radical (unpaired) electrons. The third-order valence-electron chi connectivity index (χ3n) is 0.848. The smallest absolute Gasteiger partial charge is 0.213 e. The van der Waals surface area contributed by atoms with Gasteiger partial charge in [0.2, 0.25) is 10.0 Å². The van der Waals surface area contributed by atoms with E-state index in [4.69, 9.17) is 5.73 Å². The van der Waals surface area contributed by atoms with Crippen molar-refractivity contribution < 1.29 is 8.42 Å². The minimum Gasteiger partial charge on any atom is -0.329 e. The molecule has 0 unspecified atom stereocenters. The summed E-state index contributed by atoms with van der Waals surface area (Å²) in [4.78, 5) is 0. The van der Waals surface area contributed by atoms with E-state index in [1.807, 2.05) is 0 Å². The number of halogens is 1. The normalized spacial score (nSPS) is 12.3. The fourth-order valence-corrected chi connectivity index (χ4v) is 2.02. The zero-order chi connectivity index (χ0) is 9.12. The van der Waals surface area contributed by atoms with E-state index in [0.717, 1.165) is 0 Å². The molecule has 0 aliphatic heterocycles. The topological polar surface area (TPSA) is 72.2 Å². The van der Waals surface area contributed by atoms with Gasteiger partial charge in [0.05, 0.1) is 5.75 Å². The van der Waals surface area contributed by atoms with Crippen molar-refractivity contribution in [3.63, 3.8) is 0 Å². The van der Waals surface area contributed by atoms with Crippen LogP contribution < -0.4 is 10.5 Å². The lowest BCUT2D eigenvalue weighted by Crippen LogP contribution is -2.42. The molecule has 0 fully saturated rings. The summed E-state index contributed by atoms with van der Waals surface area (Å²) in [6, 6.07) is 0. The maximum atomic E-state index is 11.1. The third kappa shape index (κ3) is 8.26. The first kappa shape index (κ1) is 14.7. The lowest BCUT2D eigenvalue weighted by atomic mass is 10.1. The zero-order valence-electron chi connectivity index (χ0n) is 7.62. The molecule has 0 saturated carbocycles. The van der Waals surface area contributed by atoms with Gasteiger partial charge in [0.15, 0.2) is 0 Å². The Hall–Kier alpha value is 0.160. The Labute approximate surface area is 80.4 Å². The van der Waals surface area contributed by atoms with Crippen molar-refractivity contribution in [2.45, 2.75) is 26.3 Å². The Morgan fingerprint density at radius 2 is 1.75 bits per heavy atom. The van der Waals surface area contributed by atoms with Crippen molar-refractivity contribution in [1.29, 1.82) is 0 Å². The quantitative estimate of drug-likeness (QED) is 0.702. The van der Waals surface area contributed by atoms with Gasteiger partial charge < -0.3 is 5.73 Å². The van der Waals surface area contributed by atoms with Gasteiger partial charge in [-0.15, -0.1) is 12.4 Å². The van der Waals surface area contributed by atoms with Crippen molar-refractivity contribution >= 4 is 22.4 Å². The molecule has 0 amide bonds. The van der Waals surface area contributed by atoms with E-state index in [2.05, 4.69) is 4.72 Å². The highest BCUT2D eigenvalue weighted by atomic mass is 35.5. The van der Waals surface area contributed by atoms with Crippen molar-refractivity contribution in [1.82, 2.24) is 4.72 Å². The molecule has 0 aromatic carbocycles. The van der Waals surface area contributed by atoms with Crippen LogP contribution in [0.1, 0.15) is 20.8 Å². The molecule has 4 nitrogen and oxygen atoms in total. The van der Waals surface area contributed by atoms with Crippen LogP contribution in [0.3, 0.4) is 0 Å². The number of rotatable bonds is 3. The second-order valence-corrected chi connectivity index (χ2v) is 5.30. The average Bonchev–Trinajstić information content (AvgIpc) is 1.55. The van der Waals surface area contributed by atoms with Gasteiger partial charge in [0.25, 0.3) is 0 Å². The van der Waals surface area contributed by atoms with Gasteiger partial charge in [-0.25, -0.2) is 13.1 Å². The molecular formula is C6H17ClN2O2S. The van der Waals surface area contributed by atoms with E-state index in [1.165, 1.54) is 0 Å². The third-order valence-corrected chi connectivity index (χ3v) is 2.54. The van der Waals surface area contributed by atoms with Gasteiger partial charge in [0, 0.05) is 12.1 Å². The second kappa shape index (κ2) is 5.01. The van der Waals surface area contributed by atoms with Crippen molar-refractivity contribution in [2.75, 3.05) is 12.3 Å². The summed E-state index contributed by atoms with van der Waals surface area (Å²) in [7, 11) is -3.16. The van der Waals surface area contributed by atoms with Crippen LogP contribution >= 0.6 is 12.4 Å². The standard InChI is InChI=1S/C6H16N2O2S.ClH/c1-6(2,3)8-11(9,10)5-4-7;/h8H,4-5,7H2,1-3H3;1H. The summed E-state index contributed by atoms with van der Waals surface area (Å²) < 4.78 is 24.6. The van der Waals surface area contributed by atoms with Crippen LogP contribution in [-0.4, -0.2) is 26.3 Å². The molecule has 0 rings (SSSR count). The Morgan fingerprint density at radius 1 is 1.33 bits per heavy atom. The Morgan fingerprint density at radius 3 is 2.00 bits per heavy atom. The highest BCUT2D eigenvalue weighted by Gasteiger charge is 2.18. The Bertz CT molecular complexity index is 208. The van der Waals surface area contributed by atoms with Crippen LogP contribution in [0.2, 0.25) is 0 Å². The summed E-state index contributed by atoms with van der Waals surface area (Å²) in [5, 5.41) is 0. The molecule has 0 aromatic rings. The number of nitrogens with two attached hydrogens (primary N) is 1. The van der Waals surface area contributed by atoms with Crippen LogP contribution in [-0.2, 0) is 10.0 Å². The van der Waals surface area contributed by atoms with E-state index >= 15 is 0 Å². The van der Waals surface area contributed by atoms with Gasteiger partial charge in [-0.2, -0.15) is 0 Å². The molecule has 0 atom stereocenters. The van der Waals surface area contributed by atoms with Crippen LogP contribution in [0.15, 0.2) is 0 Å². The van der Waals surface area contributed by atoms with Crippen LogP contribution in [0.5, 0.6) is 0 Å². The summed E-state index contributed by atoms with van der Waals surface area (Å²) in [6.45, 7) is 5.54. The summed E-state index contributed by atoms with van der Waals surface area (Å²) in [5.41, 5.74) is 4.71. The maximum Gasteiger partial charge on any atom is 0.213 e. The summed E-state index contributed by atoms with van der Waals surface area (Å²) >= 11 is 0. The molecule has 76 valence electrons. The highest BCUT2D eigenvalue weighted by molar-refractivity contribution is 7.89. The fourth-order valence-electron chi connectivity index (χ4n) is 0.673. The number of sulfonamides is 1. The largest absolute Gasteiger partial charge is 0.329 e. The van der Waals surface area contributed by atoms with Gasteiger partial charge in [-0.05, 0) is 20.8 Å². The van der Waals surface area contributed by atoms with E-state index < -0.39 is 15.6 Å². The minimum atomic E-state index is -3.16. The van der Waals surface area contributed by atoms with E-state index in [0.29, 0.717) is 0 Å². The molecule has 0 spiro atoms. The van der Waals surface area contributed by atoms with Crippen molar-refractivity contribution in [3.8, 4) is 0 Å². The molecule has 0 aliphatic rings. The molecule has 0 aliphatic carbocycles. The first-order valence-corrected chi connectivity index (χ1v) is 5.14. The molecular weight excluding hydrogens is 200 g/mol. The predicted molar refractivity (Wildman–Crippen MR) is 53.0 cm³/mol. The zero-order valence-corrected chi connectivity index (χ0v) is 9.26. The first-order valence-electron chi connectivity index (χ1n) is 3.48. The van der Waals surface area contributed by atoms with Crippen molar-refractivity contribution in [3.05, 3.63) is 0 Å². The SMILES string of the molecule is CC(C)(C)NS(=O)(=O)CCN.Cl. The van der Waals surface area contributed by atoms with E-state index in [9.17, 15) is 8.42 Å². The predicted octanol–water partition coefficient (Wildman–Crippen LogP) is 0.0848. The summed E-state index contributed by atoms with van der Waals surface area (Å²) in [5.74, 6) is -0.00965. The molecule has 12 heavy (non-hydrogen) atoms. The molecule has 3 N–H and O–H groups in total. The van der Waals surface area contributed by atoms with Gasteiger partial charge in [-0.3, -0.25) is 0 Å². The molecule has 6 heteroatoms. The molecule has 0 heterocycles. The average molecular weight is 217 g/mol. The van der Waals surface area contributed by atoms with Crippen LogP contribution in [0, 0.1) is 0 Å². The van der Waals surface area contributed by atoms with E-state index in [1.54, 1.807) is 20.8 Å². The van der Waals surface area contributed by atoms with Gasteiger partial charge in [0.1, 0.15) is 0 Å². The maximum absolute atomic E-state index is 11.1. The van der Waals surface area contributed by atoms with E-state index in [-0.39, 0.29) is 24.7 Å². The van der Waals surface area contributed by atoms with Gasteiger partial charge >= 0.3 is 0 Å². The van der Waals surface area contributed by atoms with Crippen LogP contribution in [0.25, 0.3) is 0 Å². The molecule has 0 bridgehead atoms. The van der Waals surface area contributed by atoms with Crippen molar-refractivity contribution in [2.24, 2.45) is 5.73 Å². The lowest BCUT2D eigenvalue weighted by molar-refractivity contribution is 0.491. The monoisotopic (exact) mass is 216 g/mol. The summed E-state index contributed by atoms with van der Waals surface area (Å²) in [6.07, 6.45) is 0. The first-order chi connectivity index (χ1) is 4.77. The molecule has 0 saturated heterocycles. The minimum absolute atomic E-state index is 0. The fraction of sp³-hybridized carbons (Fsp3) is 1.00. The highest BCUT2D eigenvalue weighted by Crippen LogP contribution is 2.01. The Kier molecular flexibility index (Phi) is 6.13. The van der Waals surface area contributed by atoms with Crippen LogP contribution in [0.4, 0.5) is 0 Å². The molecule has 0 aromatic heterocycles. The van der Waals surface area contributed by atoms with Gasteiger partial charge in [-0.1, -0.05) is 0 Å². The Balaban J connectivity index is 0. The second-order valence-electron chi connectivity index (χ2n) is 3.46. The lowest BCUT2D eigenvalue weighted by Gasteiger charge is -2.19.